The monoisotopic (exact) mass is 261 g/mol. The highest BCUT2D eigenvalue weighted by atomic mass is 19.3. The number of hydrogen-bond donors (Lipinski definition) is 1. The van der Waals surface area contributed by atoms with Gasteiger partial charge in [-0.15, -0.1) is 0 Å². The Hall–Kier alpha value is -0.260. The molecule has 1 N–H and O–H groups in total. The lowest BCUT2D eigenvalue weighted by atomic mass is 10.1. The summed E-state index contributed by atoms with van der Waals surface area (Å²) in [6.07, 6.45) is 1.70. The van der Waals surface area contributed by atoms with E-state index in [-0.39, 0.29) is 13.0 Å². The summed E-state index contributed by atoms with van der Waals surface area (Å²) >= 11 is 0. The van der Waals surface area contributed by atoms with Gasteiger partial charge in [-0.25, -0.2) is 8.78 Å². The largest absolute Gasteiger partial charge is 0.314 e. The molecule has 1 atom stereocenters. The van der Waals surface area contributed by atoms with Crippen LogP contribution in [0.5, 0.6) is 0 Å². The first-order valence-electron chi connectivity index (χ1n) is 7.12. The maximum atomic E-state index is 13.3. The number of nitrogens with zero attached hydrogens (tertiary/aromatic N) is 2. The highest BCUT2D eigenvalue weighted by Gasteiger charge is 2.34. The average Bonchev–Trinajstić information content (AvgIpc) is 2.36. The van der Waals surface area contributed by atoms with Crippen LogP contribution in [0.25, 0.3) is 0 Å². The molecule has 0 aromatic heterocycles. The number of piperidine rings is 1. The van der Waals surface area contributed by atoms with Gasteiger partial charge < -0.3 is 5.32 Å². The van der Waals surface area contributed by atoms with E-state index in [2.05, 4.69) is 17.1 Å². The maximum Gasteiger partial charge on any atom is 0.260 e. The number of rotatable bonds is 4. The van der Waals surface area contributed by atoms with Gasteiger partial charge in [0, 0.05) is 38.6 Å². The summed E-state index contributed by atoms with van der Waals surface area (Å²) in [5.74, 6) is -2.46. The lowest BCUT2D eigenvalue weighted by Gasteiger charge is -2.36. The minimum atomic E-state index is -2.46. The zero-order valence-corrected chi connectivity index (χ0v) is 11.3. The maximum absolute atomic E-state index is 13.3. The first-order valence-corrected chi connectivity index (χ1v) is 7.12. The van der Waals surface area contributed by atoms with Crippen molar-refractivity contribution in [3.63, 3.8) is 0 Å². The van der Waals surface area contributed by atoms with Gasteiger partial charge in [0.15, 0.2) is 0 Å². The van der Waals surface area contributed by atoms with Crippen LogP contribution in [0.15, 0.2) is 0 Å². The quantitative estimate of drug-likeness (QED) is 0.825. The van der Waals surface area contributed by atoms with Crippen molar-refractivity contribution >= 4 is 0 Å². The molecule has 2 saturated heterocycles. The number of hydrogen-bond acceptors (Lipinski definition) is 3. The third-order valence-corrected chi connectivity index (χ3v) is 4.11. The van der Waals surface area contributed by atoms with Crippen LogP contribution in [0, 0.1) is 0 Å². The molecule has 0 aliphatic carbocycles. The zero-order chi connectivity index (χ0) is 13.0. The van der Waals surface area contributed by atoms with Gasteiger partial charge in [-0.2, -0.15) is 0 Å². The summed E-state index contributed by atoms with van der Waals surface area (Å²) in [6.45, 7) is 8.08. The van der Waals surface area contributed by atoms with Crippen LogP contribution in [0.2, 0.25) is 0 Å². The topological polar surface area (TPSA) is 18.5 Å². The molecule has 0 bridgehead atoms. The molecule has 2 fully saturated rings. The van der Waals surface area contributed by atoms with Crippen LogP contribution < -0.4 is 5.32 Å². The fourth-order valence-corrected chi connectivity index (χ4v) is 2.91. The van der Waals surface area contributed by atoms with Gasteiger partial charge >= 0.3 is 0 Å². The standard InChI is InChI=1S/C13H25F2N3/c1-12(18-9-5-16-6-10-18)3-8-17-7-2-4-13(14,15)11-17/h12,16H,2-11H2,1H3. The number of nitrogens with one attached hydrogen (secondary N) is 1. The van der Waals surface area contributed by atoms with E-state index >= 15 is 0 Å². The summed E-state index contributed by atoms with van der Waals surface area (Å²) in [5, 5.41) is 3.33. The fourth-order valence-electron chi connectivity index (χ4n) is 2.91. The Labute approximate surface area is 109 Å². The Morgan fingerprint density at radius 2 is 1.94 bits per heavy atom. The number of alkyl halides is 2. The first kappa shape index (κ1) is 14.2. The molecule has 0 saturated carbocycles. The Kier molecular flexibility index (Phi) is 4.92. The molecule has 3 nitrogen and oxygen atoms in total. The van der Waals surface area contributed by atoms with E-state index in [1.54, 1.807) is 0 Å². The Morgan fingerprint density at radius 1 is 1.22 bits per heavy atom. The van der Waals surface area contributed by atoms with E-state index in [1.807, 2.05) is 4.90 Å². The Balaban J connectivity index is 1.70. The Morgan fingerprint density at radius 3 is 2.61 bits per heavy atom. The SMILES string of the molecule is CC(CCN1CCCC(F)(F)C1)N1CCNCC1. The van der Waals surface area contributed by atoms with Gasteiger partial charge in [-0.3, -0.25) is 9.80 Å². The van der Waals surface area contributed by atoms with Crippen molar-refractivity contribution < 1.29 is 8.78 Å². The van der Waals surface area contributed by atoms with Gasteiger partial charge in [0.05, 0.1) is 6.54 Å². The Bertz CT molecular complexity index is 255. The lowest BCUT2D eigenvalue weighted by Crippen LogP contribution is -2.49. The molecule has 2 aliphatic rings. The second-order valence-electron chi connectivity index (χ2n) is 5.66. The highest BCUT2D eigenvalue weighted by molar-refractivity contribution is 4.80. The molecule has 0 aromatic rings. The van der Waals surface area contributed by atoms with Crippen LogP contribution in [0.1, 0.15) is 26.2 Å². The number of piperazine rings is 1. The number of halogens is 2. The molecule has 0 aromatic carbocycles. The smallest absolute Gasteiger partial charge is 0.260 e. The summed E-state index contributed by atoms with van der Waals surface area (Å²) in [5.41, 5.74) is 0. The molecule has 2 heterocycles. The van der Waals surface area contributed by atoms with Crippen LogP contribution in [-0.2, 0) is 0 Å². The van der Waals surface area contributed by atoms with Gasteiger partial charge in [0.2, 0.25) is 0 Å². The van der Waals surface area contributed by atoms with Crippen LogP contribution in [-0.4, -0.2) is 67.6 Å². The predicted molar refractivity (Wildman–Crippen MR) is 69.1 cm³/mol. The molecule has 106 valence electrons. The van der Waals surface area contributed by atoms with Crippen LogP contribution >= 0.6 is 0 Å². The molecule has 0 spiro atoms. The van der Waals surface area contributed by atoms with Gasteiger partial charge in [-0.05, 0) is 32.9 Å². The van der Waals surface area contributed by atoms with Crippen molar-refractivity contribution in [2.24, 2.45) is 0 Å². The molecule has 18 heavy (non-hydrogen) atoms. The van der Waals surface area contributed by atoms with Crippen molar-refractivity contribution in [1.29, 1.82) is 0 Å². The second kappa shape index (κ2) is 6.26. The van der Waals surface area contributed by atoms with Crippen molar-refractivity contribution in [3.8, 4) is 0 Å². The fraction of sp³-hybridized carbons (Fsp3) is 1.00. The van der Waals surface area contributed by atoms with E-state index in [4.69, 9.17) is 0 Å². The normalized spacial score (nSPS) is 28.2. The molecular formula is C13H25F2N3. The van der Waals surface area contributed by atoms with Crippen molar-refractivity contribution in [2.45, 2.75) is 38.2 Å². The summed E-state index contributed by atoms with van der Waals surface area (Å²) in [6, 6.07) is 0.502. The predicted octanol–water partition coefficient (Wildman–Crippen LogP) is 1.40. The third-order valence-electron chi connectivity index (χ3n) is 4.11. The summed E-state index contributed by atoms with van der Waals surface area (Å²) < 4.78 is 26.5. The third kappa shape index (κ3) is 4.14. The minimum Gasteiger partial charge on any atom is -0.314 e. The van der Waals surface area contributed by atoms with E-state index in [0.717, 1.165) is 45.7 Å². The molecule has 0 radical (unpaired) electrons. The first-order chi connectivity index (χ1) is 8.57. The average molecular weight is 261 g/mol. The highest BCUT2D eigenvalue weighted by Crippen LogP contribution is 2.26. The van der Waals surface area contributed by atoms with Crippen molar-refractivity contribution in [3.05, 3.63) is 0 Å². The van der Waals surface area contributed by atoms with Gasteiger partial charge in [-0.1, -0.05) is 0 Å². The molecule has 0 amide bonds. The summed E-state index contributed by atoms with van der Waals surface area (Å²) in [7, 11) is 0. The molecule has 5 heteroatoms. The number of likely N-dealkylation sites (tertiary alicyclic amines) is 1. The molecular weight excluding hydrogens is 236 g/mol. The lowest BCUT2D eigenvalue weighted by molar-refractivity contribution is -0.0651. The molecule has 1 unspecified atom stereocenters. The molecule has 2 aliphatic heterocycles. The van der Waals surface area contributed by atoms with E-state index in [9.17, 15) is 8.78 Å². The van der Waals surface area contributed by atoms with Crippen LogP contribution in [0.4, 0.5) is 8.78 Å². The molecule has 2 rings (SSSR count). The second-order valence-corrected chi connectivity index (χ2v) is 5.66. The minimum absolute atomic E-state index is 0.0404. The van der Waals surface area contributed by atoms with Gasteiger partial charge in [0.25, 0.3) is 5.92 Å². The van der Waals surface area contributed by atoms with Crippen molar-refractivity contribution in [2.75, 3.05) is 45.8 Å². The van der Waals surface area contributed by atoms with E-state index in [0.29, 0.717) is 12.5 Å². The van der Waals surface area contributed by atoms with Gasteiger partial charge in [0.1, 0.15) is 0 Å². The van der Waals surface area contributed by atoms with E-state index in [1.165, 1.54) is 0 Å². The zero-order valence-electron chi connectivity index (χ0n) is 11.3. The van der Waals surface area contributed by atoms with Crippen LogP contribution in [0.3, 0.4) is 0 Å². The van der Waals surface area contributed by atoms with Crippen molar-refractivity contribution in [1.82, 2.24) is 15.1 Å². The van der Waals surface area contributed by atoms with E-state index < -0.39 is 5.92 Å². The summed E-state index contributed by atoms with van der Waals surface area (Å²) in [4.78, 5) is 4.39.